The molecule has 0 N–H and O–H groups in total. The predicted molar refractivity (Wildman–Crippen MR) is 104 cm³/mol. The van der Waals surface area contributed by atoms with Gasteiger partial charge in [0.1, 0.15) is 11.5 Å². The summed E-state index contributed by atoms with van der Waals surface area (Å²) in [7, 11) is 4.06. The molecule has 0 aliphatic rings. The Labute approximate surface area is 152 Å². The molecule has 0 saturated heterocycles. The van der Waals surface area contributed by atoms with Crippen molar-refractivity contribution < 1.29 is 0 Å². The monoisotopic (exact) mass is 346 g/mol. The van der Waals surface area contributed by atoms with Gasteiger partial charge in [-0.1, -0.05) is 30.3 Å². The van der Waals surface area contributed by atoms with Crippen LogP contribution in [0.1, 0.15) is 17.0 Å². The number of aryl methyl sites for hydroxylation is 3. The molecule has 0 radical (unpaired) electrons. The van der Waals surface area contributed by atoms with Gasteiger partial charge in [-0.3, -0.25) is 0 Å². The minimum absolute atomic E-state index is 0.597. The van der Waals surface area contributed by atoms with Crippen LogP contribution < -0.4 is 4.90 Å². The fourth-order valence-corrected chi connectivity index (χ4v) is 3.26. The summed E-state index contributed by atoms with van der Waals surface area (Å²) in [6.45, 7) is 4.78. The average molecular weight is 346 g/mol. The van der Waals surface area contributed by atoms with Crippen molar-refractivity contribution in [2.45, 2.75) is 20.4 Å². The number of benzene rings is 1. The van der Waals surface area contributed by atoms with Crippen molar-refractivity contribution in [3.05, 3.63) is 65.6 Å². The molecule has 4 rings (SSSR count). The normalized spacial score (nSPS) is 11.2. The minimum atomic E-state index is 0.597. The fourth-order valence-electron chi connectivity index (χ4n) is 3.26. The number of fused-ring (bicyclic) bond motifs is 1. The van der Waals surface area contributed by atoms with E-state index in [9.17, 15) is 0 Å². The van der Waals surface area contributed by atoms with Crippen LogP contribution in [-0.4, -0.2) is 31.4 Å². The molecule has 0 saturated carbocycles. The fraction of sp³-hybridized carbons (Fsp3) is 0.250. The second-order valence-electron chi connectivity index (χ2n) is 6.69. The Kier molecular flexibility index (Phi) is 3.95. The first-order chi connectivity index (χ1) is 12.5. The maximum Gasteiger partial charge on any atom is 0.254 e. The third kappa shape index (κ3) is 2.83. The summed E-state index contributed by atoms with van der Waals surface area (Å²) in [4.78, 5) is 11.8. The molecule has 0 bridgehead atoms. The van der Waals surface area contributed by atoms with E-state index in [-0.39, 0.29) is 0 Å². The van der Waals surface area contributed by atoms with Crippen molar-refractivity contribution in [1.82, 2.24) is 24.3 Å². The molecule has 0 unspecified atom stereocenters. The average Bonchev–Trinajstić information content (AvgIpc) is 3.17. The zero-order valence-electron chi connectivity index (χ0n) is 15.5. The molecule has 0 aliphatic heterocycles. The van der Waals surface area contributed by atoms with Crippen LogP contribution in [0, 0.1) is 13.8 Å². The Bertz CT molecular complexity index is 1060. The Hall–Kier alpha value is -3.15. The van der Waals surface area contributed by atoms with Crippen molar-refractivity contribution >= 4 is 16.9 Å². The second-order valence-corrected chi connectivity index (χ2v) is 6.69. The van der Waals surface area contributed by atoms with Gasteiger partial charge >= 0.3 is 0 Å². The van der Waals surface area contributed by atoms with E-state index in [2.05, 4.69) is 47.4 Å². The van der Waals surface area contributed by atoms with Crippen LogP contribution >= 0.6 is 0 Å². The zero-order chi connectivity index (χ0) is 18.3. The van der Waals surface area contributed by atoms with Crippen LogP contribution in [0.2, 0.25) is 0 Å². The van der Waals surface area contributed by atoms with Gasteiger partial charge in [0.25, 0.3) is 5.95 Å². The summed E-state index contributed by atoms with van der Waals surface area (Å²) >= 11 is 0. The highest BCUT2D eigenvalue weighted by Gasteiger charge is 2.16. The minimum Gasteiger partial charge on any atom is -0.355 e. The highest BCUT2D eigenvalue weighted by atomic mass is 15.4. The Morgan fingerprint density at radius 3 is 2.50 bits per heavy atom. The molecule has 3 aromatic heterocycles. The molecule has 0 amide bonds. The lowest BCUT2D eigenvalue weighted by Gasteiger charge is -2.20. The van der Waals surface area contributed by atoms with E-state index >= 15 is 0 Å². The van der Waals surface area contributed by atoms with Gasteiger partial charge in [0.2, 0.25) is 0 Å². The van der Waals surface area contributed by atoms with Gasteiger partial charge < -0.3 is 9.47 Å². The van der Waals surface area contributed by atoms with Crippen molar-refractivity contribution in [2.24, 2.45) is 7.05 Å². The molecule has 1 aromatic carbocycles. The summed E-state index contributed by atoms with van der Waals surface area (Å²) in [5.74, 6) is 1.50. The Balaban J connectivity index is 1.84. The van der Waals surface area contributed by atoms with Gasteiger partial charge in [0.05, 0.1) is 11.1 Å². The van der Waals surface area contributed by atoms with E-state index in [1.54, 1.807) is 0 Å². The highest BCUT2D eigenvalue weighted by molar-refractivity contribution is 5.88. The maximum atomic E-state index is 4.86. The number of aromatic nitrogens is 5. The predicted octanol–water partition coefficient (Wildman–Crippen LogP) is 3.41. The van der Waals surface area contributed by atoms with Crippen LogP contribution in [0.25, 0.3) is 17.0 Å². The third-order valence-corrected chi connectivity index (χ3v) is 4.52. The molecular formula is C20H22N6. The van der Waals surface area contributed by atoms with Gasteiger partial charge in [0.15, 0.2) is 0 Å². The maximum absolute atomic E-state index is 4.86. The van der Waals surface area contributed by atoms with Gasteiger partial charge in [-0.2, -0.15) is 15.1 Å². The van der Waals surface area contributed by atoms with E-state index in [1.165, 1.54) is 5.56 Å². The Morgan fingerprint density at radius 1 is 1.04 bits per heavy atom. The lowest BCUT2D eigenvalue weighted by molar-refractivity contribution is 0.767. The molecule has 0 fully saturated rings. The summed E-state index contributed by atoms with van der Waals surface area (Å²) in [6.07, 6.45) is 2.02. The summed E-state index contributed by atoms with van der Waals surface area (Å²) < 4.78 is 3.83. The molecule has 26 heavy (non-hydrogen) atoms. The van der Waals surface area contributed by atoms with Crippen molar-refractivity contribution in [2.75, 3.05) is 11.9 Å². The number of nitrogens with zero attached hydrogens (tertiary/aromatic N) is 6. The second kappa shape index (κ2) is 6.29. The van der Waals surface area contributed by atoms with E-state index < -0.39 is 0 Å². The van der Waals surface area contributed by atoms with Gasteiger partial charge in [0, 0.05) is 32.5 Å². The molecule has 0 spiro atoms. The number of hydrogen-bond acceptors (Lipinski definition) is 4. The smallest absolute Gasteiger partial charge is 0.254 e. The summed E-state index contributed by atoms with van der Waals surface area (Å²) in [5.41, 5.74) is 4.12. The molecule has 6 heteroatoms. The van der Waals surface area contributed by atoms with Crippen molar-refractivity contribution in [3.63, 3.8) is 0 Å². The standard InChI is InChI=1S/C20H22N6/c1-14-12-15(2)26(23-14)20-21-18-17(10-11-24(18)3)19(22-20)25(4)13-16-8-6-5-7-9-16/h5-12H,13H2,1-4H3. The topological polar surface area (TPSA) is 51.8 Å². The molecule has 3 heterocycles. The first kappa shape index (κ1) is 16.3. The first-order valence-electron chi connectivity index (χ1n) is 8.64. The Morgan fingerprint density at radius 2 is 1.81 bits per heavy atom. The van der Waals surface area contributed by atoms with Crippen LogP contribution in [0.4, 0.5) is 5.82 Å². The quantitative estimate of drug-likeness (QED) is 0.568. The third-order valence-electron chi connectivity index (χ3n) is 4.52. The lowest BCUT2D eigenvalue weighted by Crippen LogP contribution is -2.19. The van der Waals surface area contributed by atoms with E-state index in [1.807, 2.05) is 48.5 Å². The van der Waals surface area contributed by atoms with E-state index in [0.717, 1.165) is 34.8 Å². The van der Waals surface area contributed by atoms with Crippen molar-refractivity contribution in [3.8, 4) is 5.95 Å². The largest absolute Gasteiger partial charge is 0.355 e. The lowest BCUT2D eigenvalue weighted by atomic mass is 10.2. The number of rotatable bonds is 4. The molecule has 4 aromatic rings. The van der Waals surface area contributed by atoms with Gasteiger partial charge in [-0.05, 0) is 31.5 Å². The molecule has 132 valence electrons. The van der Waals surface area contributed by atoms with Gasteiger partial charge in [-0.25, -0.2) is 4.68 Å². The number of anilines is 1. The molecular weight excluding hydrogens is 324 g/mol. The number of hydrogen-bond donors (Lipinski definition) is 0. The molecule has 0 atom stereocenters. The van der Waals surface area contributed by atoms with E-state index in [0.29, 0.717) is 5.95 Å². The SMILES string of the molecule is Cc1cc(C)n(-c2nc(N(C)Cc3ccccc3)c3ccn(C)c3n2)n1. The summed E-state index contributed by atoms with van der Waals surface area (Å²) in [6, 6.07) is 14.5. The van der Waals surface area contributed by atoms with Crippen LogP contribution in [0.5, 0.6) is 0 Å². The van der Waals surface area contributed by atoms with Crippen LogP contribution in [0.15, 0.2) is 48.7 Å². The highest BCUT2D eigenvalue weighted by Crippen LogP contribution is 2.26. The van der Waals surface area contributed by atoms with Crippen LogP contribution in [-0.2, 0) is 13.6 Å². The van der Waals surface area contributed by atoms with Crippen molar-refractivity contribution in [1.29, 1.82) is 0 Å². The molecule has 6 nitrogen and oxygen atoms in total. The summed E-state index contributed by atoms with van der Waals surface area (Å²) in [5, 5.41) is 5.59. The van der Waals surface area contributed by atoms with Crippen LogP contribution in [0.3, 0.4) is 0 Å². The molecule has 0 aliphatic carbocycles. The van der Waals surface area contributed by atoms with E-state index in [4.69, 9.17) is 9.97 Å². The van der Waals surface area contributed by atoms with Gasteiger partial charge in [-0.15, -0.1) is 0 Å². The first-order valence-corrected chi connectivity index (χ1v) is 8.64. The zero-order valence-corrected chi connectivity index (χ0v) is 15.5.